The number of halogens is 1. The number of ether oxygens (including phenoxy) is 2. The van der Waals surface area contributed by atoms with Crippen LogP contribution in [0.3, 0.4) is 0 Å². The van der Waals surface area contributed by atoms with Crippen LogP contribution in [-0.4, -0.2) is 19.4 Å². The Balaban J connectivity index is 2.76. The minimum atomic E-state index is -0.654. The predicted molar refractivity (Wildman–Crippen MR) is 57.5 cm³/mol. The van der Waals surface area contributed by atoms with E-state index in [1.54, 1.807) is 13.8 Å². The van der Waals surface area contributed by atoms with Crippen molar-refractivity contribution in [3.8, 4) is 0 Å². The molecule has 0 atom stereocenters. The van der Waals surface area contributed by atoms with Crippen LogP contribution in [0.4, 0.5) is 10.1 Å². The number of esters is 1. The fourth-order valence-electron chi connectivity index (χ4n) is 1.08. The largest absolute Gasteiger partial charge is 0.435 e. The lowest BCUT2D eigenvalue weighted by atomic mass is 10.1. The second-order valence-electron chi connectivity index (χ2n) is 3.21. The van der Waals surface area contributed by atoms with E-state index in [1.165, 1.54) is 6.07 Å². The van der Waals surface area contributed by atoms with Gasteiger partial charge in [0.2, 0.25) is 0 Å². The van der Waals surface area contributed by atoms with E-state index in [4.69, 9.17) is 15.2 Å². The SMILES string of the molecule is CCOCOC(=O)c1cc(N)c(C)c(F)c1. The van der Waals surface area contributed by atoms with Gasteiger partial charge >= 0.3 is 5.97 Å². The number of hydrogen-bond acceptors (Lipinski definition) is 4. The van der Waals surface area contributed by atoms with Gasteiger partial charge in [0.25, 0.3) is 0 Å². The Labute approximate surface area is 93.2 Å². The smallest absolute Gasteiger partial charge is 0.340 e. The third-order valence-corrected chi connectivity index (χ3v) is 2.10. The molecule has 0 aliphatic rings. The Morgan fingerprint density at radius 2 is 2.19 bits per heavy atom. The average molecular weight is 227 g/mol. The van der Waals surface area contributed by atoms with E-state index >= 15 is 0 Å². The van der Waals surface area contributed by atoms with Crippen molar-refractivity contribution in [3.63, 3.8) is 0 Å². The zero-order valence-corrected chi connectivity index (χ0v) is 9.25. The van der Waals surface area contributed by atoms with Crippen molar-refractivity contribution in [1.29, 1.82) is 0 Å². The van der Waals surface area contributed by atoms with Crippen LogP contribution in [0.1, 0.15) is 22.8 Å². The van der Waals surface area contributed by atoms with Crippen molar-refractivity contribution in [2.24, 2.45) is 0 Å². The number of benzene rings is 1. The maximum atomic E-state index is 13.3. The lowest BCUT2D eigenvalue weighted by Gasteiger charge is -2.07. The van der Waals surface area contributed by atoms with E-state index in [-0.39, 0.29) is 18.0 Å². The fraction of sp³-hybridized carbons (Fsp3) is 0.364. The van der Waals surface area contributed by atoms with Crippen molar-refractivity contribution in [2.45, 2.75) is 13.8 Å². The van der Waals surface area contributed by atoms with Crippen LogP contribution in [0, 0.1) is 12.7 Å². The van der Waals surface area contributed by atoms with Gasteiger partial charge in [-0.05, 0) is 26.0 Å². The van der Waals surface area contributed by atoms with Crippen LogP contribution in [0.5, 0.6) is 0 Å². The van der Waals surface area contributed by atoms with Gasteiger partial charge in [-0.3, -0.25) is 0 Å². The number of carbonyl (C=O) groups is 1. The van der Waals surface area contributed by atoms with Gasteiger partial charge in [0.15, 0.2) is 6.79 Å². The number of nitrogens with two attached hydrogens (primary N) is 1. The second-order valence-corrected chi connectivity index (χ2v) is 3.21. The lowest BCUT2D eigenvalue weighted by Crippen LogP contribution is -2.10. The van der Waals surface area contributed by atoms with Gasteiger partial charge in [-0.15, -0.1) is 0 Å². The van der Waals surface area contributed by atoms with E-state index in [0.717, 1.165) is 6.07 Å². The minimum absolute atomic E-state index is 0.0836. The molecular formula is C11H14FNO3. The zero-order chi connectivity index (χ0) is 12.1. The van der Waals surface area contributed by atoms with Crippen LogP contribution < -0.4 is 5.73 Å². The minimum Gasteiger partial charge on any atom is -0.435 e. The first kappa shape index (κ1) is 12.4. The normalized spacial score (nSPS) is 10.2. The van der Waals surface area contributed by atoms with Gasteiger partial charge in [-0.1, -0.05) is 0 Å². The van der Waals surface area contributed by atoms with Gasteiger partial charge in [-0.2, -0.15) is 0 Å². The predicted octanol–water partition coefficient (Wildman–Crippen LogP) is 1.87. The quantitative estimate of drug-likeness (QED) is 0.369. The second kappa shape index (κ2) is 5.46. The van der Waals surface area contributed by atoms with Gasteiger partial charge in [0, 0.05) is 17.9 Å². The summed E-state index contributed by atoms with van der Waals surface area (Å²) in [5.74, 6) is -1.18. The molecule has 2 N–H and O–H groups in total. The summed E-state index contributed by atoms with van der Waals surface area (Å²) in [6.45, 7) is 3.61. The van der Waals surface area contributed by atoms with Crippen molar-refractivity contribution in [3.05, 3.63) is 29.1 Å². The number of rotatable bonds is 4. The molecular weight excluding hydrogens is 213 g/mol. The molecule has 0 bridgehead atoms. The monoisotopic (exact) mass is 227 g/mol. The summed E-state index contributed by atoms with van der Waals surface area (Å²) in [4.78, 5) is 11.4. The highest BCUT2D eigenvalue weighted by molar-refractivity contribution is 5.90. The summed E-state index contributed by atoms with van der Waals surface area (Å²) in [5.41, 5.74) is 6.16. The molecule has 0 saturated carbocycles. The molecule has 1 aromatic rings. The zero-order valence-electron chi connectivity index (χ0n) is 9.25. The number of carbonyl (C=O) groups excluding carboxylic acids is 1. The molecule has 0 aliphatic heterocycles. The molecule has 5 heteroatoms. The van der Waals surface area contributed by atoms with Gasteiger partial charge < -0.3 is 15.2 Å². The van der Waals surface area contributed by atoms with E-state index in [1.807, 2.05) is 0 Å². The Morgan fingerprint density at radius 1 is 1.50 bits per heavy atom. The summed E-state index contributed by atoms with van der Waals surface area (Å²) in [6.07, 6.45) is 0. The summed E-state index contributed by atoms with van der Waals surface area (Å²) in [5, 5.41) is 0. The molecule has 0 aromatic heterocycles. The summed E-state index contributed by atoms with van der Waals surface area (Å²) in [7, 11) is 0. The van der Waals surface area contributed by atoms with Crippen LogP contribution in [0.15, 0.2) is 12.1 Å². The standard InChI is InChI=1S/C11H14FNO3/c1-3-15-6-16-11(14)8-4-9(12)7(2)10(13)5-8/h4-5H,3,6,13H2,1-2H3. The van der Waals surface area contributed by atoms with E-state index in [0.29, 0.717) is 12.2 Å². The molecule has 88 valence electrons. The first-order valence-corrected chi connectivity index (χ1v) is 4.86. The highest BCUT2D eigenvalue weighted by atomic mass is 19.1. The van der Waals surface area contributed by atoms with Crippen molar-refractivity contribution in [2.75, 3.05) is 19.1 Å². The summed E-state index contributed by atoms with van der Waals surface area (Å²) in [6, 6.07) is 2.48. The molecule has 0 spiro atoms. The average Bonchev–Trinajstić information content (AvgIpc) is 2.25. The molecule has 0 amide bonds. The Hall–Kier alpha value is -1.62. The molecule has 0 radical (unpaired) electrons. The lowest BCUT2D eigenvalue weighted by molar-refractivity contribution is -0.0274. The molecule has 0 unspecified atom stereocenters. The molecule has 1 aromatic carbocycles. The molecule has 0 aliphatic carbocycles. The van der Waals surface area contributed by atoms with Crippen LogP contribution in [-0.2, 0) is 9.47 Å². The molecule has 4 nitrogen and oxygen atoms in total. The molecule has 0 saturated heterocycles. The third-order valence-electron chi connectivity index (χ3n) is 2.10. The summed E-state index contributed by atoms with van der Waals surface area (Å²) < 4.78 is 22.8. The first-order chi connectivity index (χ1) is 7.56. The topological polar surface area (TPSA) is 61.5 Å². The van der Waals surface area contributed by atoms with Crippen LogP contribution >= 0.6 is 0 Å². The van der Waals surface area contributed by atoms with Crippen LogP contribution in [0.2, 0.25) is 0 Å². The number of hydrogen-bond donors (Lipinski definition) is 1. The number of anilines is 1. The Kier molecular flexibility index (Phi) is 4.25. The van der Waals surface area contributed by atoms with Crippen molar-refractivity contribution < 1.29 is 18.7 Å². The maximum Gasteiger partial charge on any atom is 0.340 e. The summed E-state index contributed by atoms with van der Waals surface area (Å²) >= 11 is 0. The highest BCUT2D eigenvalue weighted by Crippen LogP contribution is 2.18. The Bertz CT molecular complexity index is 370. The van der Waals surface area contributed by atoms with E-state index in [9.17, 15) is 9.18 Å². The highest BCUT2D eigenvalue weighted by Gasteiger charge is 2.12. The van der Waals surface area contributed by atoms with Gasteiger partial charge in [0.1, 0.15) is 5.82 Å². The van der Waals surface area contributed by atoms with Crippen molar-refractivity contribution >= 4 is 11.7 Å². The Morgan fingerprint density at radius 3 is 2.75 bits per heavy atom. The molecule has 1 rings (SSSR count). The van der Waals surface area contributed by atoms with Gasteiger partial charge in [-0.25, -0.2) is 9.18 Å². The fourth-order valence-corrected chi connectivity index (χ4v) is 1.08. The number of nitrogen functional groups attached to an aromatic ring is 1. The van der Waals surface area contributed by atoms with Gasteiger partial charge in [0.05, 0.1) is 5.56 Å². The molecule has 0 heterocycles. The third kappa shape index (κ3) is 2.93. The first-order valence-electron chi connectivity index (χ1n) is 4.86. The van der Waals surface area contributed by atoms with E-state index in [2.05, 4.69) is 0 Å². The van der Waals surface area contributed by atoms with Crippen molar-refractivity contribution in [1.82, 2.24) is 0 Å². The van der Waals surface area contributed by atoms with E-state index < -0.39 is 11.8 Å². The molecule has 16 heavy (non-hydrogen) atoms. The van der Waals surface area contributed by atoms with Crippen LogP contribution in [0.25, 0.3) is 0 Å². The molecule has 0 fully saturated rings. The maximum absolute atomic E-state index is 13.3.